The maximum atomic E-state index is 5.56. The van der Waals surface area contributed by atoms with Crippen LogP contribution in [0.15, 0.2) is 61.3 Å². The molecule has 122 valence electrons. The van der Waals surface area contributed by atoms with Crippen molar-refractivity contribution in [1.82, 2.24) is 4.98 Å². The van der Waals surface area contributed by atoms with Gasteiger partial charge in [-0.15, -0.1) is 6.58 Å². The Morgan fingerprint density at radius 1 is 1.00 bits per heavy atom. The van der Waals surface area contributed by atoms with E-state index >= 15 is 0 Å². The average Bonchev–Trinajstić information content (AvgIpc) is 2.65. The third-order valence-electron chi connectivity index (χ3n) is 3.91. The Bertz CT molecular complexity index is 875. The van der Waals surface area contributed by atoms with Gasteiger partial charge in [-0.1, -0.05) is 36.4 Å². The molecular weight excluding hydrogens is 300 g/mol. The fourth-order valence-corrected chi connectivity index (χ4v) is 2.82. The van der Waals surface area contributed by atoms with E-state index in [9.17, 15) is 0 Å². The molecule has 3 aromatic rings. The molecule has 0 saturated heterocycles. The van der Waals surface area contributed by atoms with E-state index in [1.807, 2.05) is 42.6 Å². The molecule has 0 unspecified atom stereocenters. The van der Waals surface area contributed by atoms with Gasteiger partial charge < -0.3 is 14.8 Å². The van der Waals surface area contributed by atoms with E-state index in [0.29, 0.717) is 6.54 Å². The summed E-state index contributed by atoms with van der Waals surface area (Å²) in [4.78, 5) is 4.61. The number of para-hydroxylation sites is 1. The number of hydrogen-bond donors (Lipinski definition) is 1. The summed E-state index contributed by atoms with van der Waals surface area (Å²) in [7, 11) is 3.34. The minimum absolute atomic E-state index is 0.633. The monoisotopic (exact) mass is 320 g/mol. The van der Waals surface area contributed by atoms with E-state index in [-0.39, 0.29) is 0 Å². The van der Waals surface area contributed by atoms with E-state index in [4.69, 9.17) is 9.47 Å². The summed E-state index contributed by atoms with van der Waals surface area (Å²) in [6.45, 7) is 4.38. The topological polar surface area (TPSA) is 43.4 Å². The number of anilines is 1. The van der Waals surface area contributed by atoms with Crippen LogP contribution in [0.1, 0.15) is 0 Å². The maximum absolute atomic E-state index is 5.56. The zero-order valence-electron chi connectivity index (χ0n) is 13.9. The molecule has 2 aromatic carbocycles. The van der Waals surface area contributed by atoms with Gasteiger partial charge in [0.05, 0.1) is 19.6 Å². The largest absolute Gasteiger partial charge is 0.496 e. The van der Waals surface area contributed by atoms with Crippen LogP contribution >= 0.6 is 0 Å². The molecule has 24 heavy (non-hydrogen) atoms. The fraction of sp³-hybridized carbons (Fsp3) is 0.150. The second kappa shape index (κ2) is 7.04. The number of aromatic nitrogens is 1. The van der Waals surface area contributed by atoms with Gasteiger partial charge in [-0.3, -0.25) is 0 Å². The van der Waals surface area contributed by atoms with Gasteiger partial charge in [0.1, 0.15) is 17.3 Å². The Balaban J connectivity index is 2.29. The van der Waals surface area contributed by atoms with Gasteiger partial charge in [0.15, 0.2) is 0 Å². The molecule has 1 heterocycles. The summed E-state index contributed by atoms with van der Waals surface area (Å²) in [6.07, 6.45) is 3.67. The lowest BCUT2D eigenvalue weighted by molar-refractivity contribution is 0.416. The van der Waals surface area contributed by atoms with Gasteiger partial charge in [0.25, 0.3) is 0 Å². The average molecular weight is 320 g/mol. The number of fused-ring (bicyclic) bond motifs is 1. The normalized spacial score (nSPS) is 10.4. The van der Waals surface area contributed by atoms with Crippen molar-refractivity contribution in [1.29, 1.82) is 0 Å². The van der Waals surface area contributed by atoms with E-state index in [1.165, 1.54) is 0 Å². The Morgan fingerprint density at radius 3 is 2.50 bits per heavy atom. The van der Waals surface area contributed by atoms with E-state index < -0.39 is 0 Å². The lowest BCUT2D eigenvalue weighted by atomic mass is 9.99. The first-order chi connectivity index (χ1) is 11.8. The summed E-state index contributed by atoms with van der Waals surface area (Å²) in [6, 6.07) is 13.9. The highest BCUT2D eigenvalue weighted by Gasteiger charge is 2.15. The maximum Gasteiger partial charge on any atom is 0.137 e. The number of benzene rings is 2. The molecule has 4 nitrogen and oxygen atoms in total. The fourth-order valence-electron chi connectivity index (χ4n) is 2.82. The minimum atomic E-state index is 0.633. The SMILES string of the molecule is C=CCNc1ncc(-c2ccccc2OC)c2cccc(OC)c12. The van der Waals surface area contributed by atoms with E-state index in [2.05, 4.69) is 22.9 Å². The standard InChI is InChI=1S/C20H20N2O2/c1-4-12-21-20-19-15(9-7-11-18(19)24-3)16(13-22-20)14-8-5-6-10-17(14)23-2/h4-11,13H,1,12H2,2-3H3,(H,21,22). The molecule has 0 radical (unpaired) electrons. The van der Waals surface area contributed by atoms with Crippen LogP contribution in [0.3, 0.4) is 0 Å². The van der Waals surface area contributed by atoms with Gasteiger partial charge in [-0.05, 0) is 17.5 Å². The van der Waals surface area contributed by atoms with E-state index in [1.54, 1.807) is 20.3 Å². The Morgan fingerprint density at radius 2 is 1.75 bits per heavy atom. The predicted molar refractivity (Wildman–Crippen MR) is 99.0 cm³/mol. The van der Waals surface area contributed by atoms with Crippen molar-refractivity contribution in [3.8, 4) is 22.6 Å². The molecular formula is C20H20N2O2. The Kier molecular flexibility index (Phi) is 4.66. The molecule has 3 rings (SSSR count). The third-order valence-corrected chi connectivity index (χ3v) is 3.91. The summed E-state index contributed by atoms with van der Waals surface area (Å²) in [5.41, 5.74) is 2.01. The number of nitrogens with zero attached hydrogens (tertiary/aromatic N) is 1. The van der Waals surface area contributed by atoms with Crippen molar-refractivity contribution in [2.24, 2.45) is 0 Å². The van der Waals surface area contributed by atoms with Crippen molar-refractivity contribution < 1.29 is 9.47 Å². The van der Waals surface area contributed by atoms with Crippen LogP contribution in [0.25, 0.3) is 21.9 Å². The minimum Gasteiger partial charge on any atom is -0.496 e. The second-order valence-corrected chi connectivity index (χ2v) is 5.27. The highest BCUT2D eigenvalue weighted by atomic mass is 16.5. The van der Waals surface area contributed by atoms with Crippen LogP contribution in [0.4, 0.5) is 5.82 Å². The molecule has 1 aromatic heterocycles. The second-order valence-electron chi connectivity index (χ2n) is 5.27. The van der Waals surface area contributed by atoms with Crippen LogP contribution in [-0.2, 0) is 0 Å². The molecule has 0 spiro atoms. The molecule has 0 aliphatic rings. The Labute approximate surface area is 141 Å². The van der Waals surface area contributed by atoms with Crippen molar-refractivity contribution in [2.45, 2.75) is 0 Å². The zero-order chi connectivity index (χ0) is 16.9. The number of pyridine rings is 1. The van der Waals surface area contributed by atoms with Crippen LogP contribution < -0.4 is 14.8 Å². The lowest BCUT2D eigenvalue weighted by Gasteiger charge is -2.15. The molecule has 1 N–H and O–H groups in total. The summed E-state index contributed by atoms with van der Waals surface area (Å²) >= 11 is 0. The smallest absolute Gasteiger partial charge is 0.137 e. The number of hydrogen-bond acceptors (Lipinski definition) is 4. The predicted octanol–water partition coefficient (Wildman–Crippen LogP) is 4.52. The van der Waals surface area contributed by atoms with Crippen LogP contribution in [0.5, 0.6) is 11.5 Å². The van der Waals surface area contributed by atoms with Gasteiger partial charge in [0.2, 0.25) is 0 Å². The van der Waals surface area contributed by atoms with Gasteiger partial charge >= 0.3 is 0 Å². The van der Waals surface area contributed by atoms with Gasteiger partial charge in [-0.2, -0.15) is 0 Å². The molecule has 0 aliphatic carbocycles. The molecule has 0 bridgehead atoms. The number of rotatable bonds is 6. The molecule has 0 aliphatic heterocycles. The van der Waals surface area contributed by atoms with Crippen molar-refractivity contribution in [3.05, 3.63) is 61.3 Å². The highest BCUT2D eigenvalue weighted by Crippen LogP contribution is 2.39. The van der Waals surface area contributed by atoms with Gasteiger partial charge in [0, 0.05) is 23.9 Å². The number of ether oxygens (including phenoxy) is 2. The van der Waals surface area contributed by atoms with Gasteiger partial charge in [-0.25, -0.2) is 4.98 Å². The quantitative estimate of drug-likeness (QED) is 0.678. The van der Waals surface area contributed by atoms with Crippen LogP contribution in [0, 0.1) is 0 Å². The highest BCUT2D eigenvalue weighted by molar-refractivity contribution is 6.05. The third kappa shape index (κ3) is 2.78. The van der Waals surface area contributed by atoms with Crippen molar-refractivity contribution >= 4 is 16.6 Å². The zero-order valence-corrected chi connectivity index (χ0v) is 13.9. The molecule has 0 saturated carbocycles. The van der Waals surface area contributed by atoms with Crippen LogP contribution in [0.2, 0.25) is 0 Å². The van der Waals surface area contributed by atoms with E-state index in [0.717, 1.165) is 39.2 Å². The molecule has 4 heteroatoms. The first-order valence-electron chi connectivity index (χ1n) is 7.74. The van der Waals surface area contributed by atoms with Crippen molar-refractivity contribution in [3.63, 3.8) is 0 Å². The number of nitrogens with one attached hydrogen (secondary N) is 1. The van der Waals surface area contributed by atoms with Crippen LogP contribution in [-0.4, -0.2) is 25.7 Å². The van der Waals surface area contributed by atoms with Crippen molar-refractivity contribution in [2.75, 3.05) is 26.1 Å². The first-order valence-corrected chi connectivity index (χ1v) is 7.74. The summed E-state index contributed by atoms with van der Waals surface area (Å²) < 4.78 is 11.1. The number of methoxy groups -OCH3 is 2. The summed E-state index contributed by atoms with van der Waals surface area (Å²) in [5, 5.41) is 5.28. The molecule has 0 atom stereocenters. The first kappa shape index (κ1) is 15.9. The summed E-state index contributed by atoms with van der Waals surface area (Å²) in [5.74, 6) is 2.37. The lowest BCUT2D eigenvalue weighted by Crippen LogP contribution is -2.02. The molecule has 0 fully saturated rings. The molecule has 0 amide bonds. The Hall–Kier alpha value is -3.01.